The molecule has 0 unspecified atom stereocenters. The lowest BCUT2D eigenvalue weighted by Crippen LogP contribution is -2.23. The molecule has 0 saturated carbocycles. The maximum absolute atomic E-state index is 5.35. The number of hydrogen-bond acceptors (Lipinski definition) is 1. The van der Waals surface area contributed by atoms with Crippen LogP contribution in [0.3, 0.4) is 0 Å². The lowest BCUT2D eigenvalue weighted by molar-refractivity contribution is 0.140. The first-order chi connectivity index (χ1) is 4.67. The second-order valence-corrected chi connectivity index (χ2v) is 3.90. The molecule has 1 saturated heterocycles. The summed E-state index contributed by atoms with van der Waals surface area (Å²) >= 11 is 0. The van der Waals surface area contributed by atoms with Gasteiger partial charge in [0.1, 0.15) is 0 Å². The zero-order valence-electron chi connectivity index (χ0n) is 7.31. The van der Waals surface area contributed by atoms with Crippen molar-refractivity contribution >= 4 is 0 Å². The highest BCUT2D eigenvalue weighted by Gasteiger charge is 2.30. The molecule has 0 bridgehead atoms. The fraction of sp³-hybridized carbons (Fsp3) is 1.00. The summed E-state index contributed by atoms with van der Waals surface area (Å²) in [5, 5.41) is 0. The molecule has 1 atom stereocenters. The van der Waals surface area contributed by atoms with Gasteiger partial charge < -0.3 is 4.74 Å². The molecule has 0 spiro atoms. The Hall–Kier alpha value is -0.0400. The molecule has 1 rings (SSSR count). The number of ether oxygens (including phenoxy) is 1. The van der Waals surface area contributed by atoms with Crippen LogP contribution < -0.4 is 0 Å². The standard InChI is InChI=1S/C9H18O/c1-4-9(2,3)8-5-6-10-7-8/h8H,4-7H2,1-3H3/t8-/m0/s1. The molecule has 1 heterocycles. The van der Waals surface area contributed by atoms with E-state index >= 15 is 0 Å². The topological polar surface area (TPSA) is 9.23 Å². The van der Waals surface area contributed by atoms with Gasteiger partial charge in [0, 0.05) is 13.2 Å². The van der Waals surface area contributed by atoms with Gasteiger partial charge in [0.25, 0.3) is 0 Å². The Labute approximate surface area is 63.8 Å². The average molecular weight is 142 g/mol. The lowest BCUT2D eigenvalue weighted by Gasteiger charge is -2.28. The predicted octanol–water partition coefficient (Wildman–Crippen LogP) is 2.46. The zero-order valence-corrected chi connectivity index (χ0v) is 7.31. The van der Waals surface area contributed by atoms with Crippen LogP contribution in [-0.4, -0.2) is 13.2 Å². The van der Waals surface area contributed by atoms with Crippen molar-refractivity contribution in [3.05, 3.63) is 0 Å². The Morgan fingerprint density at radius 3 is 2.60 bits per heavy atom. The van der Waals surface area contributed by atoms with Gasteiger partial charge in [-0.1, -0.05) is 27.2 Å². The van der Waals surface area contributed by atoms with Crippen LogP contribution in [0.5, 0.6) is 0 Å². The second-order valence-electron chi connectivity index (χ2n) is 3.90. The van der Waals surface area contributed by atoms with Gasteiger partial charge in [-0.05, 0) is 17.8 Å². The monoisotopic (exact) mass is 142 g/mol. The molecule has 0 aromatic heterocycles. The molecule has 0 aromatic carbocycles. The normalized spacial score (nSPS) is 27.3. The molecule has 1 aliphatic heterocycles. The first-order valence-corrected chi connectivity index (χ1v) is 4.24. The lowest BCUT2D eigenvalue weighted by atomic mass is 9.76. The Kier molecular flexibility index (Phi) is 2.35. The Bertz CT molecular complexity index is 101. The van der Waals surface area contributed by atoms with E-state index in [1.54, 1.807) is 0 Å². The fourth-order valence-electron chi connectivity index (χ4n) is 1.44. The van der Waals surface area contributed by atoms with Gasteiger partial charge in [0.2, 0.25) is 0 Å². The highest BCUT2D eigenvalue weighted by molar-refractivity contribution is 4.79. The van der Waals surface area contributed by atoms with E-state index in [-0.39, 0.29) is 0 Å². The summed E-state index contributed by atoms with van der Waals surface area (Å²) in [4.78, 5) is 0. The minimum absolute atomic E-state index is 0.497. The van der Waals surface area contributed by atoms with E-state index in [1.807, 2.05) is 0 Å². The summed E-state index contributed by atoms with van der Waals surface area (Å²) in [7, 11) is 0. The van der Waals surface area contributed by atoms with Crippen molar-refractivity contribution in [1.29, 1.82) is 0 Å². The second kappa shape index (κ2) is 2.91. The Balaban J connectivity index is 2.45. The Morgan fingerprint density at radius 2 is 2.20 bits per heavy atom. The van der Waals surface area contributed by atoms with Gasteiger partial charge in [-0.2, -0.15) is 0 Å². The van der Waals surface area contributed by atoms with Crippen molar-refractivity contribution in [2.45, 2.75) is 33.6 Å². The molecule has 1 fully saturated rings. The molecule has 0 radical (unpaired) electrons. The van der Waals surface area contributed by atoms with Crippen molar-refractivity contribution in [3.63, 3.8) is 0 Å². The number of hydrogen-bond donors (Lipinski definition) is 0. The van der Waals surface area contributed by atoms with Crippen LogP contribution in [0.25, 0.3) is 0 Å². The third kappa shape index (κ3) is 1.51. The molecule has 10 heavy (non-hydrogen) atoms. The highest BCUT2D eigenvalue weighted by Crippen LogP contribution is 2.35. The Morgan fingerprint density at radius 1 is 1.50 bits per heavy atom. The quantitative estimate of drug-likeness (QED) is 0.575. The van der Waals surface area contributed by atoms with Gasteiger partial charge in [-0.25, -0.2) is 0 Å². The van der Waals surface area contributed by atoms with E-state index in [2.05, 4.69) is 20.8 Å². The summed E-state index contributed by atoms with van der Waals surface area (Å²) in [6.07, 6.45) is 2.53. The summed E-state index contributed by atoms with van der Waals surface area (Å²) in [5.74, 6) is 0.803. The van der Waals surface area contributed by atoms with Crippen LogP contribution in [-0.2, 0) is 4.74 Å². The van der Waals surface area contributed by atoms with Crippen LogP contribution in [0.1, 0.15) is 33.6 Å². The van der Waals surface area contributed by atoms with E-state index in [0.717, 1.165) is 19.1 Å². The SMILES string of the molecule is CCC(C)(C)[C@H]1CCOC1. The summed E-state index contributed by atoms with van der Waals surface area (Å²) < 4.78 is 5.35. The molecule has 1 heteroatoms. The minimum Gasteiger partial charge on any atom is -0.381 e. The van der Waals surface area contributed by atoms with Crippen LogP contribution in [0.4, 0.5) is 0 Å². The molecule has 1 aliphatic rings. The zero-order chi connectivity index (χ0) is 7.61. The average Bonchev–Trinajstić information content (AvgIpc) is 2.38. The molecule has 0 aromatic rings. The molecule has 0 N–H and O–H groups in total. The highest BCUT2D eigenvalue weighted by atomic mass is 16.5. The van der Waals surface area contributed by atoms with Crippen molar-refractivity contribution in [3.8, 4) is 0 Å². The van der Waals surface area contributed by atoms with E-state index in [1.165, 1.54) is 12.8 Å². The van der Waals surface area contributed by atoms with E-state index in [9.17, 15) is 0 Å². The molecule has 0 aliphatic carbocycles. The number of rotatable bonds is 2. The van der Waals surface area contributed by atoms with Crippen molar-refractivity contribution < 1.29 is 4.74 Å². The first-order valence-electron chi connectivity index (χ1n) is 4.24. The van der Waals surface area contributed by atoms with Gasteiger partial charge >= 0.3 is 0 Å². The largest absolute Gasteiger partial charge is 0.381 e. The molecule has 0 amide bonds. The third-order valence-electron chi connectivity index (χ3n) is 2.95. The van der Waals surface area contributed by atoms with Crippen LogP contribution in [0.15, 0.2) is 0 Å². The third-order valence-corrected chi connectivity index (χ3v) is 2.95. The molecule has 60 valence electrons. The van der Waals surface area contributed by atoms with E-state index in [0.29, 0.717) is 5.41 Å². The van der Waals surface area contributed by atoms with Crippen LogP contribution >= 0.6 is 0 Å². The smallest absolute Gasteiger partial charge is 0.0500 e. The van der Waals surface area contributed by atoms with Gasteiger partial charge in [-0.3, -0.25) is 0 Å². The van der Waals surface area contributed by atoms with Crippen molar-refractivity contribution in [2.75, 3.05) is 13.2 Å². The molecular formula is C9H18O. The fourth-order valence-corrected chi connectivity index (χ4v) is 1.44. The first kappa shape index (κ1) is 8.06. The summed E-state index contributed by atoms with van der Waals surface area (Å²) in [6.45, 7) is 8.91. The van der Waals surface area contributed by atoms with Crippen LogP contribution in [0.2, 0.25) is 0 Å². The van der Waals surface area contributed by atoms with Crippen LogP contribution in [0, 0.1) is 11.3 Å². The van der Waals surface area contributed by atoms with Crippen molar-refractivity contribution in [1.82, 2.24) is 0 Å². The summed E-state index contributed by atoms with van der Waals surface area (Å²) in [5.41, 5.74) is 0.497. The maximum Gasteiger partial charge on any atom is 0.0500 e. The van der Waals surface area contributed by atoms with Gasteiger partial charge in [-0.15, -0.1) is 0 Å². The van der Waals surface area contributed by atoms with E-state index < -0.39 is 0 Å². The van der Waals surface area contributed by atoms with Crippen molar-refractivity contribution in [2.24, 2.45) is 11.3 Å². The summed E-state index contributed by atoms with van der Waals surface area (Å²) in [6, 6.07) is 0. The molecular weight excluding hydrogens is 124 g/mol. The minimum atomic E-state index is 0.497. The predicted molar refractivity (Wildman–Crippen MR) is 43.0 cm³/mol. The maximum atomic E-state index is 5.35. The van der Waals surface area contributed by atoms with Gasteiger partial charge in [0.05, 0.1) is 0 Å². The van der Waals surface area contributed by atoms with Gasteiger partial charge in [0.15, 0.2) is 0 Å². The van der Waals surface area contributed by atoms with E-state index in [4.69, 9.17) is 4.74 Å². The molecule has 1 nitrogen and oxygen atoms in total.